The van der Waals surface area contributed by atoms with Crippen LogP contribution in [0.3, 0.4) is 0 Å². The number of benzene rings is 2. The van der Waals surface area contributed by atoms with Crippen LogP contribution in [0, 0.1) is 6.92 Å². The van der Waals surface area contributed by atoms with Crippen LogP contribution >= 0.6 is 0 Å². The van der Waals surface area contributed by atoms with Crippen molar-refractivity contribution in [3.63, 3.8) is 0 Å². The minimum Gasteiger partial charge on any atom is -0.371 e. The van der Waals surface area contributed by atoms with Gasteiger partial charge in [0.2, 0.25) is 10.0 Å². The van der Waals surface area contributed by atoms with Crippen LogP contribution in [0.4, 0.5) is 0 Å². The Morgan fingerprint density at radius 3 is 2.21 bits per heavy atom. The summed E-state index contributed by atoms with van der Waals surface area (Å²) in [5, 5.41) is 0. The lowest BCUT2D eigenvalue weighted by atomic mass is 10.1. The SMILES string of the molecule is Cc1ccc(S(=O)(=O)NCC[C@@H](OC(C)C)c2ccccc2)cc1. The fourth-order valence-electron chi connectivity index (χ4n) is 2.43. The third-order valence-corrected chi connectivity index (χ3v) is 5.11. The number of sulfonamides is 1. The Bertz CT molecular complexity index is 725. The van der Waals surface area contributed by atoms with Crippen molar-refractivity contribution in [3.8, 4) is 0 Å². The third kappa shape index (κ3) is 5.44. The molecule has 0 aliphatic heterocycles. The Morgan fingerprint density at radius 1 is 1.00 bits per heavy atom. The number of hydrogen-bond donors (Lipinski definition) is 1. The highest BCUT2D eigenvalue weighted by Crippen LogP contribution is 2.22. The largest absolute Gasteiger partial charge is 0.371 e. The van der Waals surface area contributed by atoms with Gasteiger partial charge in [0.15, 0.2) is 0 Å². The summed E-state index contributed by atoms with van der Waals surface area (Å²) in [5.74, 6) is 0. The van der Waals surface area contributed by atoms with Crippen LogP contribution < -0.4 is 4.72 Å². The van der Waals surface area contributed by atoms with Crippen molar-refractivity contribution in [1.82, 2.24) is 4.72 Å². The molecule has 0 saturated carbocycles. The van der Waals surface area contributed by atoms with Gasteiger partial charge in [0.25, 0.3) is 0 Å². The van der Waals surface area contributed by atoms with Crippen LogP contribution in [-0.4, -0.2) is 21.1 Å². The maximum absolute atomic E-state index is 12.3. The van der Waals surface area contributed by atoms with Crippen LogP contribution in [0.5, 0.6) is 0 Å². The maximum atomic E-state index is 12.3. The fourth-order valence-corrected chi connectivity index (χ4v) is 3.48. The Morgan fingerprint density at radius 2 is 1.62 bits per heavy atom. The first-order chi connectivity index (χ1) is 11.4. The first-order valence-corrected chi connectivity index (χ1v) is 9.63. The van der Waals surface area contributed by atoms with Crippen molar-refractivity contribution in [2.75, 3.05) is 6.54 Å². The summed E-state index contributed by atoms with van der Waals surface area (Å²) in [5.41, 5.74) is 2.09. The van der Waals surface area contributed by atoms with E-state index in [-0.39, 0.29) is 17.1 Å². The first kappa shape index (κ1) is 18.6. The van der Waals surface area contributed by atoms with Crippen molar-refractivity contribution in [2.24, 2.45) is 0 Å². The molecule has 0 aliphatic carbocycles. The number of hydrogen-bond acceptors (Lipinski definition) is 3. The number of rotatable bonds is 8. The molecular weight excluding hydrogens is 322 g/mol. The van der Waals surface area contributed by atoms with Gasteiger partial charge in [-0.3, -0.25) is 0 Å². The molecule has 0 radical (unpaired) electrons. The van der Waals surface area contributed by atoms with Crippen LogP contribution in [0.2, 0.25) is 0 Å². The minimum absolute atomic E-state index is 0.0731. The van der Waals surface area contributed by atoms with Crippen LogP contribution in [0.15, 0.2) is 59.5 Å². The molecule has 0 fully saturated rings. The van der Waals surface area contributed by atoms with Gasteiger partial charge in [0.05, 0.1) is 17.1 Å². The molecule has 1 N–H and O–H groups in total. The second-order valence-electron chi connectivity index (χ2n) is 6.08. The number of aryl methyl sites for hydroxylation is 1. The monoisotopic (exact) mass is 347 g/mol. The zero-order valence-corrected chi connectivity index (χ0v) is 15.2. The predicted molar refractivity (Wildman–Crippen MR) is 96.4 cm³/mol. The molecule has 0 saturated heterocycles. The van der Waals surface area contributed by atoms with E-state index in [2.05, 4.69) is 4.72 Å². The van der Waals surface area contributed by atoms with Crippen molar-refractivity contribution < 1.29 is 13.2 Å². The lowest BCUT2D eigenvalue weighted by molar-refractivity contribution is 0.00270. The molecule has 0 bridgehead atoms. The van der Waals surface area contributed by atoms with Gasteiger partial charge in [-0.1, -0.05) is 48.0 Å². The van der Waals surface area contributed by atoms with Crippen LogP contribution in [0.25, 0.3) is 0 Å². The highest BCUT2D eigenvalue weighted by molar-refractivity contribution is 7.89. The van der Waals surface area contributed by atoms with E-state index in [0.29, 0.717) is 13.0 Å². The summed E-state index contributed by atoms with van der Waals surface area (Å²) < 4.78 is 33.3. The van der Waals surface area contributed by atoms with Crippen molar-refractivity contribution in [3.05, 3.63) is 65.7 Å². The second-order valence-corrected chi connectivity index (χ2v) is 7.85. The number of ether oxygens (including phenoxy) is 1. The Kier molecular flexibility index (Phi) is 6.54. The van der Waals surface area contributed by atoms with Gasteiger partial charge in [0, 0.05) is 6.54 Å². The van der Waals surface area contributed by atoms with Gasteiger partial charge in [-0.25, -0.2) is 13.1 Å². The van der Waals surface area contributed by atoms with E-state index in [1.54, 1.807) is 24.3 Å². The molecule has 2 rings (SSSR count). The summed E-state index contributed by atoms with van der Waals surface area (Å²) in [4.78, 5) is 0.286. The summed E-state index contributed by atoms with van der Waals surface area (Å²) in [6, 6.07) is 16.7. The lowest BCUT2D eigenvalue weighted by Crippen LogP contribution is -2.26. The van der Waals surface area contributed by atoms with E-state index in [0.717, 1.165) is 11.1 Å². The molecule has 1 atom stereocenters. The zero-order chi connectivity index (χ0) is 17.6. The molecule has 24 heavy (non-hydrogen) atoms. The van der Waals surface area contributed by atoms with Crippen molar-refractivity contribution in [2.45, 2.75) is 44.3 Å². The number of nitrogens with one attached hydrogen (secondary N) is 1. The average Bonchev–Trinajstić information content (AvgIpc) is 2.54. The maximum Gasteiger partial charge on any atom is 0.240 e. The predicted octanol–water partition coefficient (Wildman–Crippen LogP) is 3.83. The van der Waals surface area contributed by atoms with E-state index >= 15 is 0 Å². The van der Waals surface area contributed by atoms with E-state index in [4.69, 9.17) is 4.74 Å². The van der Waals surface area contributed by atoms with Gasteiger partial charge >= 0.3 is 0 Å². The molecule has 0 spiro atoms. The molecule has 130 valence electrons. The Labute approximate surface area is 144 Å². The standard InChI is InChI=1S/C19H25NO3S/c1-15(2)23-19(17-7-5-4-6-8-17)13-14-20-24(21,22)18-11-9-16(3)10-12-18/h4-12,15,19-20H,13-14H2,1-3H3/t19-/m1/s1. The van der Waals surface area contributed by atoms with E-state index in [1.165, 1.54) is 0 Å². The van der Waals surface area contributed by atoms with Gasteiger partial charge in [0.1, 0.15) is 0 Å². The molecule has 0 unspecified atom stereocenters. The van der Waals surface area contributed by atoms with E-state index < -0.39 is 10.0 Å². The highest BCUT2D eigenvalue weighted by atomic mass is 32.2. The van der Waals surface area contributed by atoms with Crippen LogP contribution in [0.1, 0.15) is 37.5 Å². The summed E-state index contributed by atoms with van der Waals surface area (Å²) >= 11 is 0. The van der Waals surface area contributed by atoms with Gasteiger partial charge in [-0.15, -0.1) is 0 Å². The molecule has 4 nitrogen and oxygen atoms in total. The van der Waals surface area contributed by atoms with Crippen molar-refractivity contribution >= 4 is 10.0 Å². The van der Waals surface area contributed by atoms with Crippen LogP contribution in [-0.2, 0) is 14.8 Å². The average molecular weight is 347 g/mol. The Balaban J connectivity index is 2.00. The molecule has 0 amide bonds. The molecule has 0 heterocycles. The molecule has 0 aromatic heterocycles. The molecule has 2 aromatic rings. The van der Waals surface area contributed by atoms with Gasteiger partial charge in [-0.2, -0.15) is 0 Å². The molecule has 5 heteroatoms. The smallest absolute Gasteiger partial charge is 0.240 e. The fraction of sp³-hybridized carbons (Fsp3) is 0.368. The molecular formula is C19H25NO3S. The zero-order valence-electron chi connectivity index (χ0n) is 14.4. The highest BCUT2D eigenvalue weighted by Gasteiger charge is 2.17. The first-order valence-electron chi connectivity index (χ1n) is 8.15. The minimum atomic E-state index is -3.49. The summed E-state index contributed by atoms with van der Waals surface area (Å²) in [6.45, 7) is 6.21. The molecule has 0 aliphatic rings. The summed E-state index contributed by atoms with van der Waals surface area (Å²) in [6.07, 6.45) is 0.517. The Hall–Kier alpha value is -1.69. The quantitative estimate of drug-likeness (QED) is 0.789. The second kappa shape index (κ2) is 8.42. The van der Waals surface area contributed by atoms with Gasteiger partial charge in [-0.05, 0) is 44.9 Å². The molecule has 2 aromatic carbocycles. The van der Waals surface area contributed by atoms with E-state index in [9.17, 15) is 8.42 Å². The topological polar surface area (TPSA) is 55.4 Å². The van der Waals surface area contributed by atoms with Gasteiger partial charge < -0.3 is 4.74 Å². The van der Waals surface area contributed by atoms with Crippen molar-refractivity contribution in [1.29, 1.82) is 0 Å². The third-order valence-electron chi connectivity index (χ3n) is 3.64. The summed E-state index contributed by atoms with van der Waals surface area (Å²) in [7, 11) is -3.49. The van der Waals surface area contributed by atoms with E-state index in [1.807, 2.05) is 51.1 Å². The lowest BCUT2D eigenvalue weighted by Gasteiger charge is -2.21. The normalized spacial score (nSPS) is 13.2.